The number of ether oxygens (including phenoxy) is 1. The summed E-state index contributed by atoms with van der Waals surface area (Å²) >= 11 is 0. The number of hydrogen-bond acceptors (Lipinski definition) is 3. The third-order valence-electron chi connectivity index (χ3n) is 1.16. The van der Waals surface area contributed by atoms with Crippen molar-refractivity contribution in [3.8, 4) is 6.01 Å². The van der Waals surface area contributed by atoms with Crippen molar-refractivity contribution >= 4 is 0 Å². The summed E-state index contributed by atoms with van der Waals surface area (Å²) in [7, 11) is 2.55. The van der Waals surface area contributed by atoms with Crippen molar-refractivity contribution in [1.82, 2.24) is 14.8 Å². The first-order chi connectivity index (χ1) is 5.45. The van der Waals surface area contributed by atoms with E-state index in [1.54, 1.807) is 0 Å². The Kier molecular flexibility index (Phi) is 1.95. The van der Waals surface area contributed by atoms with Crippen LogP contribution in [0.2, 0.25) is 0 Å². The van der Waals surface area contributed by atoms with Crippen molar-refractivity contribution in [2.24, 2.45) is 7.05 Å². The molecule has 0 aliphatic rings. The number of rotatable bonds is 1. The van der Waals surface area contributed by atoms with Gasteiger partial charge in [-0.25, -0.2) is 4.68 Å². The first-order valence-electron chi connectivity index (χ1n) is 2.97. The van der Waals surface area contributed by atoms with Gasteiger partial charge >= 0.3 is 12.2 Å². The number of alkyl halides is 3. The Morgan fingerprint density at radius 1 is 1.42 bits per heavy atom. The van der Waals surface area contributed by atoms with Crippen LogP contribution in [0.4, 0.5) is 13.2 Å². The average molecular weight is 181 g/mol. The zero-order chi connectivity index (χ0) is 9.35. The molecule has 0 saturated heterocycles. The van der Waals surface area contributed by atoms with Crippen LogP contribution in [0.25, 0.3) is 0 Å². The fourth-order valence-electron chi connectivity index (χ4n) is 0.668. The predicted molar refractivity (Wildman–Crippen MR) is 32.6 cm³/mol. The summed E-state index contributed by atoms with van der Waals surface area (Å²) in [5.74, 6) is -1.19. The summed E-state index contributed by atoms with van der Waals surface area (Å²) < 4.78 is 41.2. The van der Waals surface area contributed by atoms with Crippen molar-refractivity contribution in [2.75, 3.05) is 7.11 Å². The van der Waals surface area contributed by atoms with Crippen LogP contribution in [0.3, 0.4) is 0 Å². The number of methoxy groups -OCH3 is 1. The van der Waals surface area contributed by atoms with Crippen molar-refractivity contribution in [3.05, 3.63) is 5.82 Å². The number of aryl methyl sites for hydroxylation is 1. The fourth-order valence-corrected chi connectivity index (χ4v) is 0.668. The Morgan fingerprint density at radius 3 is 2.25 bits per heavy atom. The molecule has 1 aromatic heterocycles. The molecule has 0 radical (unpaired) electrons. The topological polar surface area (TPSA) is 39.9 Å². The minimum absolute atomic E-state index is 0.165. The Bertz CT molecular complexity index is 280. The van der Waals surface area contributed by atoms with Crippen LogP contribution in [0.15, 0.2) is 0 Å². The summed E-state index contributed by atoms with van der Waals surface area (Å²) in [5, 5.41) is 3.11. The number of halogens is 3. The molecule has 7 heteroatoms. The molecule has 0 atom stereocenters. The zero-order valence-electron chi connectivity index (χ0n) is 6.38. The van der Waals surface area contributed by atoms with E-state index in [1.807, 2.05) is 0 Å². The van der Waals surface area contributed by atoms with Gasteiger partial charge in [0.05, 0.1) is 7.11 Å². The van der Waals surface area contributed by atoms with E-state index in [0.29, 0.717) is 0 Å². The molecule has 68 valence electrons. The maximum absolute atomic E-state index is 11.9. The number of nitrogens with zero attached hydrogens (tertiary/aromatic N) is 3. The molecule has 1 aromatic rings. The Hall–Kier alpha value is -1.27. The van der Waals surface area contributed by atoms with Crippen LogP contribution in [0, 0.1) is 0 Å². The van der Waals surface area contributed by atoms with Crippen molar-refractivity contribution in [3.63, 3.8) is 0 Å². The molecule has 1 heterocycles. The third-order valence-corrected chi connectivity index (χ3v) is 1.16. The predicted octanol–water partition coefficient (Wildman–Crippen LogP) is 0.842. The minimum atomic E-state index is -4.52. The van der Waals surface area contributed by atoms with Crippen molar-refractivity contribution in [1.29, 1.82) is 0 Å². The highest BCUT2D eigenvalue weighted by Crippen LogP contribution is 2.27. The number of hydrogen-bond donors (Lipinski definition) is 0. The van der Waals surface area contributed by atoms with Gasteiger partial charge in [0.1, 0.15) is 0 Å². The van der Waals surface area contributed by atoms with Gasteiger partial charge in [-0.2, -0.15) is 18.2 Å². The van der Waals surface area contributed by atoms with Gasteiger partial charge in [-0.05, 0) is 0 Å². The molecule has 0 aliphatic carbocycles. The van der Waals surface area contributed by atoms with E-state index in [1.165, 1.54) is 14.2 Å². The van der Waals surface area contributed by atoms with E-state index in [-0.39, 0.29) is 6.01 Å². The third kappa shape index (κ3) is 1.49. The normalized spacial score (nSPS) is 11.8. The molecule has 12 heavy (non-hydrogen) atoms. The first-order valence-corrected chi connectivity index (χ1v) is 2.97. The molecule has 0 saturated carbocycles. The van der Waals surface area contributed by atoms with Gasteiger partial charge in [0, 0.05) is 7.05 Å². The maximum Gasteiger partial charge on any atom is 0.453 e. The number of aromatic nitrogens is 3. The van der Waals surface area contributed by atoms with Gasteiger partial charge in [0.25, 0.3) is 5.82 Å². The molecule has 4 nitrogen and oxygen atoms in total. The molecule has 0 aliphatic heterocycles. The molecular weight excluding hydrogens is 175 g/mol. The summed E-state index contributed by atoms with van der Waals surface area (Å²) in [6, 6.07) is -0.165. The zero-order valence-corrected chi connectivity index (χ0v) is 6.38. The van der Waals surface area contributed by atoms with Crippen LogP contribution in [0.1, 0.15) is 5.82 Å². The second-order valence-corrected chi connectivity index (χ2v) is 2.04. The molecule has 0 amide bonds. The Balaban J connectivity index is 3.05. The lowest BCUT2D eigenvalue weighted by molar-refractivity contribution is -0.145. The van der Waals surface area contributed by atoms with Gasteiger partial charge in [0.2, 0.25) is 0 Å². The summed E-state index contributed by atoms with van der Waals surface area (Å²) in [6.45, 7) is 0. The molecule has 1 rings (SSSR count). The average Bonchev–Trinajstić information content (AvgIpc) is 2.29. The van der Waals surface area contributed by atoms with E-state index in [2.05, 4.69) is 14.8 Å². The van der Waals surface area contributed by atoms with E-state index in [9.17, 15) is 13.2 Å². The largest absolute Gasteiger partial charge is 0.467 e. The van der Waals surface area contributed by atoms with Crippen LogP contribution < -0.4 is 4.74 Å². The fraction of sp³-hybridized carbons (Fsp3) is 0.600. The standard InChI is InChI=1S/C5H6F3N3O/c1-11-4(12-2)9-3(10-11)5(6,7)8/h1-2H3. The summed E-state index contributed by atoms with van der Waals surface area (Å²) in [5.41, 5.74) is 0. The molecule has 0 aromatic carbocycles. The van der Waals surface area contributed by atoms with E-state index >= 15 is 0 Å². The van der Waals surface area contributed by atoms with Gasteiger partial charge in [-0.15, -0.1) is 5.10 Å². The molecule has 0 fully saturated rings. The molecule has 0 spiro atoms. The highest BCUT2D eigenvalue weighted by atomic mass is 19.4. The van der Waals surface area contributed by atoms with Crippen molar-refractivity contribution in [2.45, 2.75) is 6.18 Å². The summed E-state index contributed by atoms with van der Waals surface area (Å²) in [4.78, 5) is 3.10. The monoisotopic (exact) mass is 181 g/mol. The molecule has 0 unspecified atom stereocenters. The highest BCUT2D eigenvalue weighted by Gasteiger charge is 2.36. The van der Waals surface area contributed by atoms with Crippen molar-refractivity contribution < 1.29 is 17.9 Å². The minimum Gasteiger partial charge on any atom is -0.467 e. The van der Waals surface area contributed by atoms with Gasteiger partial charge in [-0.3, -0.25) is 0 Å². The van der Waals surface area contributed by atoms with Gasteiger partial charge in [0.15, 0.2) is 0 Å². The Labute approximate surface area is 66.0 Å². The first kappa shape index (κ1) is 8.82. The maximum atomic E-state index is 11.9. The van der Waals surface area contributed by atoms with Gasteiger partial charge < -0.3 is 4.74 Å². The lowest BCUT2D eigenvalue weighted by Gasteiger charge is -1.96. The lowest BCUT2D eigenvalue weighted by atomic mass is 10.6. The second kappa shape index (κ2) is 2.65. The van der Waals surface area contributed by atoms with Gasteiger partial charge in [-0.1, -0.05) is 0 Å². The smallest absolute Gasteiger partial charge is 0.453 e. The lowest BCUT2D eigenvalue weighted by Crippen LogP contribution is -2.08. The molecule has 0 bridgehead atoms. The molecule has 0 N–H and O–H groups in total. The quantitative estimate of drug-likeness (QED) is 0.644. The van der Waals surface area contributed by atoms with Crippen LogP contribution in [-0.2, 0) is 13.2 Å². The SMILES string of the molecule is COc1nc(C(F)(F)F)nn1C. The molecular formula is C5H6F3N3O. The van der Waals surface area contributed by atoms with Crippen LogP contribution in [0.5, 0.6) is 6.01 Å². The Morgan fingerprint density at radius 2 is 2.00 bits per heavy atom. The van der Waals surface area contributed by atoms with E-state index in [0.717, 1.165) is 4.68 Å². The van der Waals surface area contributed by atoms with Crippen LogP contribution in [-0.4, -0.2) is 21.9 Å². The van der Waals surface area contributed by atoms with E-state index in [4.69, 9.17) is 0 Å². The summed E-state index contributed by atoms with van der Waals surface area (Å²) in [6.07, 6.45) is -4.52. The van der Waals surface area contributed by atoms with Crippen LogP contribution >= 0.6 is 0 Å². The highest BCUT2D eigenvalue weighted by molar-refractivity contribution is 5.00. The van der Waals surface area contributed by atoms with E-state index < -0.39 is 12.0 Å². The second-order valence-electron chi connectivity index (χ2n) is 2.04.